The van der Waals surface area contributed by atoms with E-state index >= 15 is 0 Å². The molecule has 0 bridgehead atoms. The van der Waals surface area contributed by atoms with Crippen LogP contribution in [0.15, 0.2) is 59.6 Å². The van der Waals surface area contributed by atoms with Gasteiger partial charge in [0.15, 0.2) is 5.96 Å². The van der Waals surface area contributed by atoms with Gasteiger partial charge in [0.1, 0.15) is 18.2 Å². The highest BCUT2D eigenvalue weighted by Gasteiger charge is 2.06. The molecule has 2 aromatic rings. The molecule has 23 heavy (non-hydrogen) atoms. The molecular weight excluding hydrogens is 293 g/mol. The quantitative estimate of drug-likeness (QED) is 0.658. The Labute approximate surface area is 136 Å². The lowest BCUT2D eigenvalue weighted by Gasteiger charge is -2.22. The summed E-state index contributed by atoms with van der Waals surface area (Å²) in [6.45, 7) is 1.87. The van der Waals surface area contributed by atoms with Crippen LogP contribution in [-0.4, -0.2) is 38.1 Å². The number of para-hydroxylation sites is 1. The van der Waals surface area contributed by atoms with Crippen LogP contribution < -0.4 is 10.1 Å². The molecule has 0 amide bonds. The van der Waals surface area contributed by atoms with Crippen molar-refractivity contribution in [1.29, 1.82) is 0 Å². The van der Waals surface area contributed by atoms with Gasteiger partial charge in [0.2, 0.25) is 0 Å². The van der Waals surface area contributed by atoms with Gasteiger partial charge in [0, 0.05) is 20.6 Å². The van der Waals surface area contributed by atoms with E-state index in [4.69, 9.17) is 4.74 Å². The molecule has 122 valence electrons. The van der Waals surface area contributed by atoms with Gasteiger partial charge in [-0.05, 0) is 29.8 Å². The number of likely N-dealkylation sites (N-methyl/N-ethyl adjacent to an activating group) is 1. The molecule has 0 fully saturated rings. The van der Waals surface area contributed by atoms with E-state index in [0.29, 0.717) is 19.7 Å². The molecule has 0 aliphatic carbocycles. The molecule has 2 aromatic carbocycles. The number of nitrogens with zero attached hydrogens (tertiary/aromatic N) is 2. The lowest BCUT2D eigenvalue weighted by Crippen LogP contribution is -2.40. The molecule has 0 atom stereocenters. The number of hydrogen-bond acceptors (Lipinski definition) is 2. The third-order valence-corrected chi connectivity index (χ3v) is 3.38. The summed E-state index contributed by atoms with van der Waals surface area (Å²) in [6.07, 6.45) is 0. The summed E-state index contributed by atoms with van der Waals surface area (Å²) in [6, 6.07) is 16.1. The number of benzene rings is 2. The van der Waals surface area contributed by atoms with Crippen LogP contribution in [0.1, 0.15) is 5.56 Å². The number of rotatable bonds is 6. The number of guanidine groups is 1. The Bertz CT molecular complexity index is 614. The van der Waals surface area contributed by atoms with E-state index < -0.39 is 0 Å². The van der Waals surface area contributed by atoms with E-state index in [1.807, 2.05) is 42.3 Å². The first-order chi connectivity index (χ1) is 11.2. The van der Waals surface area contributed by atoms with E-state index in [1.54, 1.807) is 19.2 Å². The third kappa shape index (κ3) is 5.62. The van der Waals surface area contributed by atoms with Crippen LogP contribution in [0, 0.1) is 5.82 Å². The molecular formula is C18H22FN3O. The van der Waals surface area contributed by atoms with Gasteiger partial charge in [-0.3, -0.25) is 4.99 Å². The van der Waals surface area contributed by atoms with Crippen molar-refractivity contribution in [1.82, 2.24) is 10.2 Å². The molecule has 0 spiro atoms. The molecule has 4 nitrogen and oxygen atoms in total. The first-order valence-corrected chi connectivity index (χ1v) is 7.53. The Morgan fingerprint density at radius 1 is 1.13 bits per heavy atom. The molecule has 0 unspecified atom stereocenters. The SMILES string of the molecule is CN=C(NCc1ccc(F)cc1)N(C)CCOc1ccccc1. The summed E-state index contributed by atoms with van der Waals surface area (Å²) in [5.41, 5.74) is 1.00. The zero-order valence-electron chi connectivity index (χ0n) is 13.5. The minimum absolute atomic E-state index is 0.228. The maximum Gasteiger partial charge on any atom is 0.193 e. The van der Waals surface area contributed by atoms with Crippen molar-refractivity contribution in [2.24, 2.45) is 4.99 Å². The smallest absolute Gasteiger partial charge is 0.193 e. The number of hydrogen-bond donors (Lipinski definition) is 1. The minimum Gasteiger partial charge on any atom is -0.492 e. The summed E-state index contributed by atoms with van der Waals surface area (Å²) in [5, 5.41) is 3.25. The highest BCUT2D eigenvalue weighted by molar-refractivity contribution is 5.79. The largest absolute Gasteiger partial charge is 0.492 e. The summed E-state index contributed by atoms with van der Waals surface area (Å²) < 4.78 is 18.6. The first-order valence-electron chi connectivity index (χ1n) is 7.53. The van der Waals surface area contributed by atoms with Crippen LogP contribution >= 0.6 is 0 Å². The van der Waals surface area contributed by atoms with Gasteiger partial charge >= 0.3 is 0 Å². The van der Waals surface area contributed by atoms with Gasteiger partial charge in [0.25, 0.3) is 0 Å². The van der Waals surface area contributed by atoms with Gasteiger partial charge in [-0.2, -0.15) is 0 Å². The Balaban J connectivity index is 1.77. The Morgan fingerprint density at radius 2 is 1.83 bits per heavy atom. The van der Waals surface area contributed by atoms with Crippen molar-refractivity contribution >= 4 is 5.96 Å². The Hall–Kier alpha value is -2.56. The Morgan fingerprint density at radius 3 is 2.48 bits per heavy atom. The van der Waals surface area contributed by atoms with Crippen LogP contribution in [0.2, 0.25) is 0 Å². The summed E-state index contributed by atoms with van der Waals surface area (Å²) >= 11 is 0. The highest BCUT2D eigenvalue weighted by Crippen LogP contribution is 2.08. The van der Waals surface area contributed by atoms with E-state index in [-0.39, 0.29) is 5.82 Å². The van der Waals surface area contributed by atoms with E-state index in [1.165, 1.54) is 12.1 Å². The van der Waals surface area contributed by atoms with Gasteiger partial charge < -0.3 is 15.0 Å². The molecule has 0 aromatic heterocycles. The summed E-state index contributed by atoms with van der Waals surface area (Å²) in [7, 11) is 3.69. The van der Waals surface area contributed by atoms with Crippen LogP contribution in [0.25, 0.3) is 0 Å². The molecule has 0 aliphatic rings. The fraction of sp³-hybridized carbons (Fsp3) is 0.278. The second kappa shape index (κ2) is 8.78. The zero-order valence-corrected chi connectivity index (χ0v) is 13.5. The van der Waals surface area contributed by atoms with Crippen LogP contribution in [0.5, 0.6) is 5.75 Å². The second-order valence-corrected chi connectivity index (χ2v) is 5.11. The van der Waals surface area contributed by atoms with Crippen molar-refractivity contribution < 1.29 is 9.13 Å². The van der Waals surface area contributed by atoms with Crippen LogP contribution in [0.4, 0.5) is 4.39 Å². The van der Waals surface area contributed by atoms with Gasteiger partial charge in [-0.25, -0.2) is 4.39 Å². The first kappa shape index (κ1) is 16.8. The number of nitrogens with one attached hydrogen (secondary N) is 1. The molecule has 0 saturated carbocycles. The number of halogens is 1. The summed E-state index contributed by atoms with van der Waals surface area (Å²) in [5.74, 6) is 1.40. The topological polar surface area (TPSA) is 36.9 Å². The fourth-order valence-corrected chi connectivity index (χ4v) is 2.09. The lowest BCUT2D eigenvalue weighted by atomic mass is 10.2. The average molecular weight is 315 g/mol. The maximum atomic E-state index is 12.9. The third-order valence-electron chi connectivity index (χ3n) is 3.38. The normalized spacial score (nSPS) is 11.2. The van der Waals surface area contributed by atoms with Crippen molar-refractivity contribution in [3.05, 3.63) is 66.0 Å². The number of ether oxygens (including phenoxy) is 1. The predicted molar refractivity (Wildman–Crippen MR) is 91.2 cm³/mol. The molecule has 5 heteroatoms. The van der Waals surface area contributed by atoms with E-state index in [0.717, 1.165) is 17.3 Å². The Kier molecular flexibility index (Phi) is 6.41. The highest BCUT2D eigenvalue weighted by atomic mass is 19.1. The predicted octanol–water partition coefficient (Wildman–Crippen LogP) is 2.91. The van der Waals surface area contributed by atoms with Gasteiger partial charge in [-0.1, -0.05) is 30.3 Å². The van der Waals surface area contributed by atoms with Crippen molar-refractivity contribution in [2.45, 2.75) is 6.54 Å². The molecule has 0 saturated heterocycles. The standard InChI is InChI=1S/C18H22FN3O/c1-20-18(21-14-15-8-10-16(19)11-9-15)22(2)12-13-23-17-6-4-3-5-7-17/h3-11H,12-14H2,1-2H3,(H,20,21). The molecule has 0 radical (unpaired) electrons. The second-order valence-electron chi connectivity index (χ2n) is 5.11. The van der Waals surface area contributed by atoms with Gasteiger partial charge in [-0.15, -0.1) is 0 Å². The van der Waals surface area contributed by atoms with Crippen LogP contribution in [0.3, 0.4) is 0 Å². The molecule has 0 aliphatic heterocycles. The monoisotopic (exact) mass is 315 g/mol. The van der Waals surface area contributed by atoms with E-state index in [2.05, 4.69) is 10.3 Å². The molecule has 1 N–H and O–H groups in total. The van der Waals surface area contributed by atoms with E-state index in [9.17, 15) is 4.39 Å². The maximum absolute atomic E-state index is 12.9. The van der Waals surface area contributed by atoms with Crippen molar-refractivity contribution in [3.8, 4) is 5.75 Å². The average Bonchev–Trinajstić information content (AvgIpc) is 2.58. The fourth-order valence-electron chi connectivity index (χ4n) is 2.09. The molecule has 2 rings (SSSR count). The number of aliphatic imine (C=N–C) groups is 1. The lowest BCUT2D eigenvalue weighted by molar-refractivity contribution is 0.281. The summed E-state index contributed by atoms with van der Waals surface area (Å²) in [4.78, 5) is 6.24. The van der Waals surface area contributed by atoms with Crippen molar-refractivity contribution in [3.63, 3.8) is 0 Å². The zero-order chi connectivity index (χ0) is 16.5. The van der Waals surface area contributed by atoms with Gasteiger partial charge in [0.05, 0.1) is 6.54 Å². The van der Waals surface area contributed by atoms with Crippen molar-refractivity contribution in [2.75, 3.05) is 27.2 Å². The minimum atomic E-state index is -0.228. The molecule has 0 heterocycles. The van der Waals surface area contributed by atoms with Crippen LogP contribution in [-0.2, 0) is 6.54 Å².